The highest BCUT2D eigenvalue weighted by atomic mass is 32.2. The summed E-state index contributed by atoms with van der Waals surface area (Å²) in [6.07, 6.45) is 8.59. The maximum atomic E-state index is 14.5. The standard InChI is InChI=1S/C21H25F2N3O2S/c1-2-18(27)20(28)26-21(11-6-12-24,14-7-4-3-5-8-14)29-19(25-26)16-13-15(22)9-10-17(16)23/h3-5,7,9-10,13-14,18,27H,2,6,8,11-12,24H2,1H3/t14?,18-,21-/m0/s1. The third-order valence-corrected chi connectivity index (χ3v) is 6.69. The number of thioether (sulfide) groups is 1. The zero-order valence-electron chi connectivity index (χ0n) is 16.2. The first kappa shape index (κ1) is 21.7. The van der Waals surface area contributed by atoms with E-state index in [-0.39, 0.29) is 22.9 Å². The maximum absolute atomic E-state index is 14.5. The van der Waals surface area contributed by atoms with Crippen molar-refractivity contribution < 1.29 is 18.7 Å². The molecular weight excluding hydrogens is 396 g/mol. The van der Waals surface area contributed by atoms with Gasteiger partial charge in [0.2, 0.25) is 0 Å². The number of aliphatic hydroxyl groups excluding tert-OH is 1. The highest BCUT2D eigenvalue weighted by Crippen LogP contribution is 2.50. The highest BCUT2D eigenvalue weighted by molar-refractivity contribution is 8.15. The molecule has 1 aliphatic heterocycles. The molecule has 0 saturated carbocycles. The fraction of sp³-hybridized carbons (Fsp3) is 0.429. The fourth-order valence-corrected chi connectivity index (χ4v) is 5.09. The number of hydrogen-bond donors (Lipinski definition) is 2. The number of nitrogens with zero attached hydrogens (tertiary/aromatic N) is 2. The van der Waals surface area contributed by atoms with Crippen molar-refractivity contribution in [3.63, 3.8) is 0 Å². The van der Waals surface area contributed by atoms with Crippen LogP contribution < -0.4 is 5.73 Å². The average Bonchev–Trinajstić information content (AvgIpc) is 3.14. The van der Waals surface area contributed by atoms with Crippen LogP contribution in [0.1, 0.15) is 38.2 Å². The van der Waals surface area contributed by atoms with Crippen LogP contribution in [0.5, 0.6) is 0 Å². The first-order chi connectivity index (χ1) is 13.9. The quantitative estimate of drug-likeness (QED) is 0.706. The largest absolute Gasteiger partial charge is 0.383 e. The van der Waals surface area contributed by atoms with Crippen LogP contribution in [-0.2, 0) is 4.79 Å². The zero-order valence-corrected chi connectivity index (χ0v) is 17.0. The van der Waals surface area contributed by atoms with Crippen LogP contribution in [0, 0.1) is 17.6 Å². The number of hydrogen-bond acceptors (Lipinski definition) is 5. The van der Waals surface area contributed by atoms with Crippen LogP contribution in [0.25, 0.3) is 0 Å². The number of nitrogens with two attached hydrogens (primary N) is 1. The molecule has 0 bridgehead atoms. The number of carbonyl (C=O) groups excluding carboxylic acids is 1. The Morgan fingerprint density at radius 2 is 2.24 bits per heavy atom. The van der Waals surface area contributed by atoms with Crippen molar-refractivity contribution in [2.24, 2.45) is 16.8 Å². The van der Waals surface area contributed by atoms with Gasteiger partial charge in [-0.1, -0.05) is 43.0 Å². The molecule has 0 fully saturated rings. The van der Waals surface area contributed by atoms with Crippen molar-refractivity contribution in [3.05, 3.63) is 59.7 Å². The van der Waals surface area contributed by atoms with Crippen LogP contribution in [-0.4, -0.2) is 38.6 Å². The topological polar surface area (TPSA) is 78.9 Å². The molecule has 0 spiro atoms. The van der Waals surface area contributed by atoms with Crippen LogP contribution in [0.2, 0.25) is 0 Å². The summed E-state index contributed by atoms with van der Waals surface area (Å²) in [5, 5.41) is 16.2. The van der Waals surface area contributed by atoms with E-state index in [1.165, 1.54) is 16.8 Å². The van der Waals surface area contributed by atoms with Gasteiger partial charge >= 0.3 is 0 Å². The molecule has 1 aromatic carbocycles. The molecule has 3 atom stereocenters. The van der Waals surface area contributed by atoms with Crippen molar-refractivity contribution in [3.8, 4) is 0 Å². The molecule has 0 aromatic heterocycles. The van der Waals surface area contributed by atoms with Gasteiger partial charge in [-0.2, -0.15) is 5.10 Å². The first-order valence-corrected chi connectivity index (χ1v) is 10.5. The summed E-state index contributed by atoms with van der Waals surface area (Å²) in [6.45, 7) is 2.12. The summed E-state index contributed by atoms with van der Waals surface area (Å²) >= 11 is 1.24. The Morgan fingerprint density at radius 1 is 1.45 bits per heavy atom. The Bertz CT molecular complexity index is 858. The van der Waals surface area contributed by atoms with Gasteiger partial charge in [-0.05, 0) is 50.4 Å². The smallest absolute Gasteiger partial charge is 0.272 e. The zero-order chi connectivity index (χ0) is 21.0. The molecule has 1 aromatic rings. The van der Waals surface area contributed by atoms with Crippen LogP contribution in [0.15, 0.2) is 47.6 Å². The molecule has 156 valence electrons. The number of halogens is 2. The van der Waals surface area contributed by atoms with E-state index in [0.717, 1.165) is 18.2 Å². The number of benzene rings is 1. The Labute approximate surface area is 173 Å². The Kier molecular flexibility index (Phi) is 6.87. The number of allylic oxidation sites excluding steroid dienone is 3. The van der Waals surface area contributed by atoms with E-state index in [4.69, 9.17) is 5.73 Å². The predicted octanol–water partition coefficient (Wildman–Crippen LogP) is 3.54. The number of amides is 1. The van der Waals surface area contributed by atoms with E-state index < -0.39 is 28.5 Å². The van der Waals surface area contributed by atoms with Gasteiger partial charge in [-0.15, -0.1) is 0 Å². The van der Waals surface area contributed by atoms with E-state index in [2.05, 4.69) is 5.10 Å². The van der Waals surface area contributed by atoms with Gasteiger partial charge in [-0.25, -0.2) is 13.8 Å². The molecule has 1 heterocycles. The van der Waals surface area contributed by atoms with Crippen molar-refractivity contribution in [1.29, 1.82) is 0 Å². The van der Waals surface area contributed by atoms with Crippen molar-refractivity contribution in [2.45, 2.75) is 43.6 Å². The van der Waals surface area contributed by atoms with Crippen molar-refractivity contribution in [2.75, 3.05) is 6.54 Å². The Balaban J connectivity index is 2.09. The van der Waals surface area contributed by atoms with Crippen molar-refractivity contribution in [1.82, 2.24) is 5.01 Å². The van der Waals surface area contributed by atoms with Gasteiger partial charge in [0.05, 0.1) is 0 Å². The predicted molar refractivity (Wildman–Crippen MR) is 111 cm³/mol. The molecule has 3 rings (SSSR count). The van der Waals surface area contributed by atoms with E-state index in [1.807, 2.05) is 24.3 Å². The lowest BCUT2D eigenvalue weighted by molar-refractivity contribution is -0.144. The average molecular weight is 422 g/mol. The van der Waals surface area contributed by atoms with Crippen molar-refractivity contribution >= 4 is 22.7 Å². The number of aliphatic hydroxyl groups is 1. The lowest BCUT2D eigenvalue weighted by Gasteiger charge is -2.41. The molecular formula is C21H25F2N3O2S. The van der Waals surface area contributed by atoms with Gasteiger partial charge in [0.15, 0.2) is 0 Å². The van der Waals surface area contributed by atoms with E-state index >= 15 is 0 Å². The maximum Gasteiger partial charge on any atom is 0.272 e. The molecule has 2 aliphatic rings. The summed E-state index contributed by atoms with van der Waals surface area (Å²) in [4.78, 5) is 12.2. The minimum absolute atomic E-state index is 0.00347. The number of rotatable bonds is 7. The number of carbonyl (C=O) groups is 1. The SMILES string of the molecule is CC[C@H](O)C(=O)N1N=C(c2cc(F)ccc2F)S[C@@]1(CCCN)C1C=CC=CC1. The highest BCUT2D eigenvalue weighted by Gasteiger charge is 2.52. The van der Waals surface area contributed by atoms with Gasteiger partial charge in [0.1, 0.15) is 27.7 Å². The van der Waals surface area contributed by atoms with Crippen LogP contribution in [0.3, 0.4) is 0 Å². The second-order valence-corrected chi connectivity index (χ2v) is 8.40. The minimum atomic E-state index is -1.23. The Morgan fingerprint density at radius 3 is 2.90 bits per heavy atom. The van der Waals surface area contributed by atoms with E-state index in [1.54, 1.807) is 6.92 Å². The monoisotopic (exact) mass is 421 g/mol. The molecule has 8 heteroatoms. The summed E-state index contributed by atoms with van der Waals surface area (Å²) < 4.78 is 28.3. The van der Waals surface area contributed by atoms with E-state index in [9.17, 15) is 18.7 Å². The lowest BCUT2D eigenvalue weighted by Crippen LogP contribution is -2.52. The van der Waals surface area contributed by atoms with Crippen LogP contribution >= 0.6 is 11.8 Å². The molecule has 5 nitrogen and oxygen atoms in total. The second-order valence-electron chi connectivity index (χ2n) is 7.10. The molecule has 1 amide bonds. The molecule has 3 N–H and O–H groups in total. The summed E-state index contributed by atoms with van der Waals surface area (Å²) in [5.41, 5.74) is 5.75. The van der Waals surface area contributed by atoms with Crippen LogP contribution in [0.4, 0.5) is 8.78 Å². The molecule has 0 saturated heterocycles. The summed E-state index contributed by atoms with van der Waals surface area (Å²) in [5.74, 6) is -1.87. The number of hydrazone groups is 1. The summed E-state index contributed by atoms with van der Waals surface area (Å²) in [7, 11) is 0. The summed E-state index contributed by atoms with van der Waals surface area (Å²) in [6, 6.07) is 3.17. The second kappa shape index (κ2) is 9.19. The van der Waals surface area contributed by atoms with Gasteiger partial charge in [0, 0.05) is 11.5 Å². The Hall–Kier alpha value is -2.03. The van der Waals surface area contributed by atoms with E-state index in [0.29, 0.717) is 25.8 Å². The minimum Gasteiger partial charge on any atom is -0.383 e. The molecule has 29 heavy (non-hydrogen) atoms. The molecule has 1 aliphatic carbocycles. The molecule has 1 unspecified atom stereocenters. The fourth-order valence-electron chi connectivity index (χ4n) is 3.57. The lowest BCUT2D eigenvalue weighted by atomic mass is 9.88. The normalized spacial score (nSPS) is 24.7. The van der Waals surface area contributed by atoms with Gasteiger partial charge in [0.25, 0.3) is 5.91 Å². The van der Waals surface area contributed by atoms with Gasteiger partial charge in [-0.3, -0.25) is 4.79 Å². The first-order valence-electron chi connectivity index (χ1n) is 9.71. The third kappa shape index (κ3) is 4.29. The third-order valence-electron chi connectivity index (χ3n) is 5.16. The molecule has 0 radical (unpaired) electrons. The van der Waals surface area contributed by atoms with Gasteiger partial charge < -0.3 is 10.8 Å².